The summed E-state index contributed by atoms with van der Waals surface area (Å²) in [5.41, 5.74) is 0. The molecule has 0 radical (unpaired) electrons. The molecule has 0 aliphatic heterocycles. The summed E-state index contributed by atoms with van der Waals surface area (Å²) in [4.78, 5) is 11.4. The molecule has 2 unspecified atom stereocenters. The summed E-state index contributed by atoms with van der Waals surface area (Å²) in [7, 11) is 0. The molecule has 1 aliphatic rings. The Kier molecular flexibility index (Phi) is 4.39. The van der Waals surface area contributed by atoms with E-state index in [9.17, 15) is 4.79 Å². The van der Waals surface area contributed by atoms with Gasteiger partial charge in [0.1, 0.15) is 0 Å². The Balaban J connectivity index is 2.11. The SMILES string of the molecule is CCC(C)C(C)NC(=O)CNC1CC1. The Morgan fingerprint density at radius 2 is 2.07 bits per heavy atom. The zero-order valence-electron chi connectivity index (χ0n) is 9.47. The van der Waals surface area contributed by atoms with Gasteiger partial charge in [0.05, 0.1) is 6.54 Å². The average Bonchev–Trinajstić information content (AvgIpc) is 2.96. The molecule has 0 heterocycles. The first-order valence-corrected chi connectivity index (χ1v) is 5.66. The molecule has 0 saturated heterocycles. The highest BCUT2D eigenvalue weighted by atomic mass is 16.1. The van der Waals surface area contributed by atoms with Crippen LogP contribution >= 0.6 is 0 Å². The van der Waals surface area contributed by atoms with E-state index in [1.165, 1.54) is 12.8 Å². The summed E-state index contributed by atoms with van der Waals surface area (Å²) in [5.74, 6) is 0.685. The van der Waals surface area contributed by atoms with Crippen molar-refractivity contribution >= 4 is 5.91 Å². The van der Waals surface area contributed by atoms with Crippen LogP contribution in [0.15, 0.2) is 0 Å². The maximum absolute atomic E-state index is 11.4. The lowest BCUT2D eigenvalue weighted by Crippen LogP contribution is -2.42. The molecule has 1 rings (SSSR count). The van der Waals surface area contributed by atoms with Crippen molar-refractivity contribution in [1.29, 1.82) is 0 Å². The van der Waals surface area contributed by atoms with Crippen LogP contribution in [0.5, 0.6) is 0 Å². The van der Waals surface area contributed by atoms with Crippen molar-refractivity contribution < 1.29 is 4.79 Å². The summed E-state index contributed by atoms with van der Waals surface area (Å²) in [6.45, 7) is 6.86. The first-order chi connectivity index (χ1) is 6.63. The van der Waals surface area contributed by atoms with E-state index < -0.39 is 0 Å². The standard InChI is InChI=1S/C11H22N2O/c1-4-8(2)9(3)13-11(14)7-12-10-5-6-10/h8-10,12H,4-7H2,1-3H3,(H,13,14). The molecule has 0 aromatic rings. The molecule has 2 atom stereocenters. The zero-order valence-corrected chi connectivity index (χ0v) is 9.47. The third kappa shape index (κ3) is 4.09. The topological polar surface area (TPSA) is 41.1 Å². The highest BCUT2D eigenvalue weighted by molar-refractivity contribution is 5.78. The molecular weight excluding hydrogens is 176 g/mol. The number of carbonyl (C=O) groups excluding carboxylic acids is 1. The van der Waals surface area contributed by atoms with E-state index in [1.807, 2.05) is 0 Å². The van der Waals surface area contributed by atoms with Crippen molar-refractivity contribution in [3.63, 3.8) is 0 Å². The van der Waals surface area contributed by atoms with Gasteiger partial charge >= 0.3 is 0 Å². The Morgan fingerprint density at radius 3 is 2.57 bits per heavy atom. The van der Waals surface area contributed by atoms with Crippen LogP contribution in [0, 0.1) is 5.92 Å². The molecular formula is C11H22N2O. The summed E-state index contributed by atoms with van der Waals surface area (Å²) in [5, 5.41) is 6.22. The third-order valence-electron chi connectivity index (χ3n) is 3.01. The third-order valence-corrected chi connectivity index (χ3v) is 3.01. The highest BCUT2D eigenvalue weighted by Crippen LogP contribution is 2.17. The second kappa shape index (κ2) is 5.35. The van der Waals surface area contributed by atoms with E-state index in [1.54, 1.807) is 0 Å². The van der Waals surface area contributed by atoms with Gasteiger partial charge in [-0.05, 0) is 25.7 Å². The maximum Gasteiger partial charge on any atom is 0.234 e. The van der Waals surface area contributed by atoms with Gasteiger partial charge in [0, 0.05) is 12.1 Å². The van der Waals surface area contributed by atoms with Crippen LogP contribution < -0.4 is 10.6 Å². The molecule has 0 bridgehead atoms. The fourth-order valence-electron chi connectivity index (χ4n) is 1.33. The van der Waals surface area contributed by atoms with Crippen molar-refractivity contribution in [2.75, 3.05) is 6.54 Å². The number of hydrogen-bond donors (Lipinski definition) is 2. The molecule has 0 aromatic carbocycles. The van der Waals surface area contributed by atoms with Gasteiger partial charge in [-0.15, -0.1) is 0 Å². The van der Waals surface area contributed by atoms with E-state index in [0.29, 0.717) is 18.5 Å². The minimum absolute atomic E-state index is 0.129. The fourth-order valence-corrected chi connectivity index (χ4v) is 1.33. The Labute approximate surface area is 86.6 Å². The minimum atomic E-state index is 0.129. The van der Waals surface area contributed by atoms with Crippen molar-refractivity contribution in [1.82, 2.24) is 10.6 Å². The predicted octanol–water partition coefficient (Wildman–Crippen LogP) is 1.29. The number of rotatable bonds is 6. The number of carbonyl (C=O) groups is 1. The van der Waals surface area contributed by atoms with E-state index in [2.05, 4.69) is 31.4 Å². The molecule has 1 fully saturated rings. The van der Waals surface area contributed by atoms with Gasteiger partial charge in [-0.25, -0.2) is 0 Å². The van der Waals surface area contributed by atoms with E-state index in [0.717, 1.165) is 6.42 Å². The number of nitrogens with one attached hydrogen (secondary N) is 2. The van der Waals surface area contributed by atoms with Crippen molar-refractivity contribution in [2.45, 2.75) is 52.1 Å². The second-order valence-electron chi connectivity index (χ2n) is 4.40. The largest absolute Gasteiger partial charge is 0.352 e. The molecule has 0 spiro atoms. The molecule has 1 amide bonds. The highest BCUT2D eigenvalue weighted by Gasteiger charge is 2.21. The molecule has 3 heteroatoms. The Hall–Kier alpha value is -0.570. The number of amides is 1. The lowest BCUT2D eigenvalue weighted by molar-refractivity contribution is -0.121. The van der Waals surface area contributed by atoms with Crippen LogP contribution in [0.3, 0.4) is 0 Å². The van der Waals surface area contributed by atoms with Gasteiger partial charge in [0.15, 0.2) is 0 Å². The molecule has 14 heavy (non-hydrogen) atoms. The van der Waals surface area contributed by atoms with Gasteiger partial charge in [0.2, 0.25) is 5.91 Å². The summed E-state index contributed by atoms with van der Waals surface area (Å²) in [6, 6.07) is 0.896. The van der Waals surface area contributed by atoms with E-state index in [4.69, 9.17) is 0 Å². The first-order valence-electron chi connectivity index (χ1n) is 5.66. The van der Waals surface area contributed by atoms with Gasteiger partial charge in [-0.3, -0.25) is 4.79 Å². The Bertz CT molecular complexity index is 190. The molecule has 2 N–H and O–H groups in total. The molecule has 1 saturated carbocycles. The van der Waals surface area contributed by atoms with Crippen molar-refractivity contribution in [3.05, 3.63) is 0 Å². The van der Waals surface area contributed by atoms with Crippen molar-refractivity contribution in [3.8, 4) is 0 Å². The Morgan fingerprint density at radius 1 is 1.43 bits per heavy atom. The summed E-state index contributed by atoms with van der Waals surface area (Å²) < 4.78 is 0. The number of hydrogen-bond acceptors (Lipinski definition) is 2. The first kappa shape index (κ1) is 11.5. The van der Waals surface area contributed by atoms with Gasteiger partial charge < -0.3 is 10.6 Å². The van der Waals surface area contributed by atoms with Crippen LogP contribution in [0.25, 0.3) is 0 Å². The monoisotopic (exact) mass is 198 g/mol. The minimum Gasteiger partial charge on any atom is -0.352 e. The van der Waals surface area contributed by atoms with Gasteiger partial charge in [-0.2, -0.15) is 0 Å². The van der Waals surface area contributed by atoms with E-state index >= 15 is 0 Å². The van der Waals surface area contributed by atoms with Crippen LogP contribution in [-0.2, 0) is 4.79 Å². The predicted molar refractivity (Wildman–Crippen MR) is 58.1 cm³/mol. The zero-order chi connectivity index (χ0) is 10.6. The lowest BCUT2D eigenvalue weighted by Gasteiger charge is -2.19. The van der Waals surface area contributed by atoms with E-state index in [-0.39, 0.29) is 11.9 Å². The molecule has 3 nitrogen and oxygen atoms in total. The molecule has 82 valence electrons. The van der Waals surface area contributed by atoms with Gasteiger partial charge in [-0.1, -0.05) is 20.3 Å². The quantitative estimate of drug-likeness (QED) is 0.675. The summed E-state index contributed by atoms with van der Waals surface area (Å²) in [6.07, 6.45) is 3.57. The van der Waals surface area contributed by atoms with Crippen LogP contribution in [0.4, 0.5) is 0 Å². The van der Waals surface area contributed by atoms with Crippen LogP contribution in [0.2, 0.25) is 0 Å². The van der Waals surface area contributed by atoms with Gasteiger partial charge in [0.25, 0.3) is 0 Å². The fraction of sp³-hybridized carbons (Fsp3) is 0.909. The van der Waals surface area contributed by atoms with Crippen LogP contribution in [0.1, 0.15) is 40.0 Å². The second-order valence-corrected chi connectivity index (χ2v) is 4.40. The van der Waals surface area contributed by atoms with Crippen molar-refractivity contribution in [2.24, 2.45) is 5.92 Å². The lowest BCUT2D eigenvalue weighted by atomic mass is 10.0. The maximum atomic E-state index is 11.4. The average molecular weight is 198 g/mol. The molecule has 1 aliphatic carbocycles. The molecule has 0 aromatic heterocycles. The smallest absolute Gasteiger partial charge is 0.234 e. The summed E-state index contributed by atoms with van der Waals surface area (Å²) >= 11 is 0. The van der Waals surface area contributed by atoms with Crippen LogP contribution in [-0.4, -0.2) is 24.5 Å². The normalized spacial score (nSPS) is 20.2.